The summed E-state index contributed by atoms with van der Waals surface area (Å²) in [6.07, 6.45) is 1.55. The number of hydrogen-bond donors (Lipinski definition) is 1. The van der Waals surface area contributed by atoms with E-state index >= 15 is 0 Å². The molecular formula is C13H11BrN2O2. The number of ether oxygens (including phenoxy) is 1. The fraction of sp³-hybridized carbons (Fsp3) is 0.0769. The van der Waals surface area contributed by atoms with E-state index in [-0.39, 0.29) is 11.5 Å². The van der Waals surface area contributed by atoms with Gasteiger partial charge in [0.2, 0.25) is 5.78 Å². The van der Waals surface area contributed by atoms with Gasteiger partial charge in [0.05, 0.1) is 7.11 Å². The Morgan fingerprint density at radius 2 is 2.17 bits per heavy atom. The Balaban J connectivity index is 2.48. The molecule has 5 heteroatoms. The summed E-state index contributed by atoms with van der Waals surface area (Å²) in [7, 11) is 1.50. The molecule has 2 N–H and O–H groups in total. The third-order valence-corrected chi connectivity index (χ3v) is 2.96. The van der Waals surface area contributed by atoms with Gasteiger partial charge in [-0.3, -0.25) is 4.79 Å². The highest BCUT2D eigenvalue weighted by molar-refractivity contribution is 9.10. The first kappa shape index (κ1) is 12.6. The van der Waals surface area contributed by atoms with Crippen LogP contribution < -0.4 is 10.5 Å². The van der Waals surface area contributed by atoms with E-state index in [0.717, 1.165) is 4.47 Å². The zero-order chi connectivity index (χ0) is 13.1. The molecule has 0 saturated heterocycles. The molecule has 0 saturated carbocycles. The van der Waals surface area contributed by atoms with Gasteiger partial charge in [-0.2, -0.15) is 0 Å². The quantitative estimate of drug-likeness (QED) is 0.699. The number of benzene rings is 1. The van der Waals surface area contributed by atoms with Crippen LogP contribution in [0.2, 0.25) is 0 Å². The van der Waals surface area contributed by atoms with Crippen LogP contribution in [0.3, 0.4) is 0 Å². The molecule has 92 valence electrons. The number of carbonyl (C=O) groups is 1. The largest absolute Gasteiger partial charge is 0.494 e. The van der Waals surface area contributed by atoms with Crippen LogP contribution >= 0.6 is 15.9 Å². The number of anilines is 1. The topological polar surface area (TPSA) is 65.2 Å². The van der Waals surface area contributed by atoms with Crippen molar-refractivity contribution in [1.29, 1.82) is 0 Å². The number of aromatic nitrogens is 1. The summed E-state index contributed by atoms with van der Waals surface area (Å²) in [4.78, 5) is 16.4. The molecule has 0 atom stereocenters. The minimum absolute atomic E-state index is 0.252. The highest BCUT2D eigenvalue weighted by Crippen LogP contribution is 2.24. The second kappa shape index (κ2) is 5.18. The highest BCUT2D eigenvalue weighted by atomic mass is 79.9. The molecule has 1 aromatic carbocycles. The van der Waals surface area contributed by atoms with Gasteiger partial charge in [-0.15, -0.1) is 0 Å². The van der Waals surface area contributed by atoms with E-state index < -0.39 is 0 Å². The van der Waals surface area contributed by atoms with Crippen LogP contribution in [0.4, 0.5) is 5.69 Å². The van der Waals surface area contributed by atoms with Crippen molar-refractivity contribution < 1.29 is 9.53 Å². The first-order chi connectivity index (χ1) is 8.63. The molecule has 0 radical (unpaired) electrons. The summed E-state index contributed by atoms with van der Waals surface area (Å²) < 4.78 is 5.94. The highest BCUT2D eigenvalue weighted by Gasteiger charge is 2.17. The van der Waals surface area contributed by atoms with E-state index in [9.17, 15) is 4.79 Å². The molecule has 0 aliphatic heterocycles. The van der Waals surface area contributed by atoms with E-state index in [1.807, 2.05) is 0 Å². The van der Waals surface area contributed by atoms with E-state index in [1.165, 1.54) is 7.11 Å². The normalized spacial score (nSPS) is 10.1. The van der Waals surface area contributed by atoms with Crippen molar-refractivity contribution in [2.24, 2.45) is 0 Å². The maximum Gasteiger partial charge on any atom is 0.217 e. The number of pyridine rings is 1. The minimum Gasteiger partial charge on any atom is -0.494 e. The minimum atomic E-state index is -0.252. The first-order valence-corrected chi connectivity index (χ1v) is 6.01. The average Bonchev–Trinajstić information content (AvgIpc) is 2.38. The van der Waals surface area contributed by atoms with Gasteiger partial charge in [0.15, 0.2) is 5.69 Å². The lowest BCUT2D eigenvalue weighted by atomic mass is 10.1. The molecule has 4 nitrogen and oxygen atoms in total. The summed E-state index contributed by atoms with van der Waals surface area (Å²) in [5, 5.41) is 0. The van der Waals surface area contributed by atoms with Crippen molar-refractivity contribution in [3.05, 3.63) is 52.3 Å². The number of nitrogens with two attached hydrogens (primary N) is 1. The van der Waals surface area contributed by atoms with Gasteiger partial charge in [0.25, 0.3) is 0 Å². The fourth-order valence-corrected chi connectivity index (χ4v) is 1.97. The Hall–Kier alpha value is -1.88. The predicted octanol–water partition coefficient (Wildman–Crippen LogP) is 2.67. The van der Waals surface area contributed by atoms with Gasteiger partial charge in [-0.05, 0) is 30.3 Å². The van der Waals surface area contributed by atoms with Gasteiger partial charge >= 0.3 is 0 Å². The molecular weight excluding hydrogens is 296 g/mol. The monoisotopic (exact) mass is 306 g/mol. The van der Waals surface area contributed by atoms with Gasteiger partial charge in [-0.25, -0.2) is 4.98 Å². The SMILES string of the molecule is COc1cccnc1C(=O)c1ccc(Br)cc1N. The Bertz CT molecular complexity index is 599. The number of nitrogens with zero attached hydrogens (tertiary/aromatic N) is 1. The standard InChI is InChI=1S/C13H11BrN2O2/c1-18-11-3-2-6-16-12(11)13(17)9-5-4-8(14)7-10(9)15/h2-7H,15H2,1H3. The van der Waals surface area contributed by atoms with Gasteiger partial charge in [0.1, 0.15) is 5.75 Å². The average molecular weight is 307 g/mol. The summed E-state index contributed by atoms with van der Waals surface area (Å²) in [5.41, 5.74) is 6.91. The summed E-state index contributed by atoms with van der Waals surface area (Å²) >= 11 is 3.30. The Kier molecular flexibility index (Phi) is 3.62. The van der Waals surface area contributed by atoms with Crippen molar-refractivity contribution in [2.45, 2.75) is 0 Å². The summed E-state index contributed by atoms with van der Waals surface area (Å²) in [6, 6.07) is 8.51. The number of methoxy groups -OCH3 is 1. The molecule has 0 aliphatic rings. The number of rotatable bonds is 3. The summed E-state index contributed by atoms with van der Waals surface area (Å²) in [6.45, 7) is 0. The van der Waals surface area contributed by atoms with Crippen LogP contribution in [0, 0.1) is 0 Å². The van der Waals surface area contributed by atoms with Crippen molar-refractivity contribution >= 4 is 27.4 Å². The molecule has 0 spiro atoms. The van der Waals surface area contributed by atoms with E-state index in [4.69, 9.17) is 10.5 Å². The second-order valence-corrected chi connectivity index (χ2v) is 4.53. The van der Waals surface area contributed by atoms with E-state index in [0.29, 0.717) is 17.0 Å². The van der Waals surface area contributed by atoms with Crippen molar-refractivity contribution in [1.82, 2.24) is 4.98 Å². The molecule has 18 heavy (non-hydrogen) atoms. The zero-order valence-electron chi connectivity index (χ0n) is 9.68. The maximum atomic E-state index is 12.3. The molecule has 2 aromatic rings. The maximum absolute atomic E-state index is 12.3. The van der Waals surface area contributed by atoms with Crippen molar-refractivity contribution in [3.8, 4) is 5.75 Å². The van der Waals surface area contributed by atoms with Crippen LogP contribution in [-0.4, -0.2) is 17.9 Å². The van der Waals surface area contributed by atoms with Crippen molar-refractivity contribution in [2.75, 3.05) is 12.8 Å². The van der Waals surface area contributed by atoms with E-state index in [1.54, 1.807) is 36.5 Å². The lowest BCUT2D eigenvalue weighted by Gasteiger charge is -2.08. The number of nitrogen functional groups attached to an aromatic ring is 1. The molecule has 2 rings (SSSR count). The molecule has 1 heterocycles. The Morgan fingerprint density at radius 1 is 1.39 bits per heavy atom. The third kappa shape index (κ3) is 2.36. The Labute approximate surface area is 113 Å². The van der Waals surface area contributed by atoms with Gasteiger partial charge in [0, 0.05) is 21.9 Å². The predicted molar refractivity (Wildman–Crippen MR) is 72.8 cm³/mol. The van der Waals surface area contributed by atoms with E-state index in [2.05, 4.69) is 20.9 Å². The number of hydrogen-bond acceptors (Lipinski definition) is 4. The molecule has 0 aliphatic carbocycles. The number of ketones is 1. The van der Waals surface area contributed by atoms with Crippen LogP contribution in [0.25, 0.3) is 0 Å². The molecule has 0 bridgehead atoms. The van der Waals surface area contributed by atoms with Gasteiger partial charge in [-0.1, -0.05) is 15.9 Å². The fourth-order valence-electron chi connectivity index (χ4n) is 1.59. The number of carbonyl (C=O) groups excluding carboxylic acids is 1. The smallest absolute Gasteiger partial charge is 0.217 e. The lowest BCUT2D eigenvalue weighted by Crippen LogP contribution is -2.09. The van der Waals surface area contributed by atoms with Crippen LogP contribution in [0.15, 0.2) is 41.0 Å². The molecule has 0 unspecified atom stereocenters. The Morgan fingerprint density at radius 3 is 2.83 bits per heavy atom. The summed E-state index contributed by atoms with van der Waals surface area (Å²) in [5.74, 6) is 0.183. The first-order valence-electron chi connectivity index (χ1n) is 5.22. The van der Waals surface area contributed by atoms with Crippen LogP contribution in [-0.2, 0) is 0 Å². The molecule has 0 amide bonds. The van der Waals surface area contributed by atoms with Crippen LogP contribution in [0.5, 0.6) is 5.75 Å². The van der Waals surface area contributed by atoms with Gasteiger partial charge < -0.3 is 10.5 Å². The number of halogens is 1. The second-order valence-electron chi connectivity index (χ2n) is 3.61. The van der Waals surface area contributed by atoms with Crippen LogP contribution in [0.1, 0.15) is 16.1 Å². The lowest BCUT2D eigenvalue weighted by molar-refractivity contribution is 0.103. The molecule has 0 fully saturated rings. The third-order valence-electron chi connectivity index (χ3n) is 2.46. The molecule has 1 aromatic heterocycles. The zero-order valence-corrected chi connectivity index (χ0v) is 11.3. The van der Waals surface area contributed by atoms with Crippen molar-refractivity contribution in [3.63, 3.8) is 0 Å².